The zero-order valence-electron chi connectivity index (χ0n) is 16.7. The standard InChI is InChI=1S/C20H24F4N4OS/c1-3-25-19(26-9-18-28-17(11-30-18)20(22,23)24)27-12(2)14-6-7-16(15(21)8-14)29-10-13-4-5-13/h6-8,11-13H,3-5,9-10H2,1-2H3,(H2,25,26,27). The first-order chi connectivity index (χ1) is 14.3. The third-order valence-corrected chi connectivity index (χ3v) is 5.37. The monoisotopic (exact) mass is 444 g/mol. The molecular formula is C20H24F4N4OS. The fourth-order valence-electron chi connectivity index (χ4n) is 2.66. The van der Waals surface area contributed by atoms with Crippen molar-refractivity contribution in [1.82, 2.24) is 15.6 Å². The minimum absolute atomic E-state index is 0.00507. The van der Waals surface area contributed by atoms with Crippen LogP contribution in [0.4, 0.5) is 17.6 Å². The summed E-state index contributed by atoms with van der Waals surface area (Å²) in [6.07, 6.45) is -2.20. The molecule has 1 fully saturated rings. The van der Waals surface area contributed by atoms with Gasteiger partial charge in [-0.05, 0) is 50.3 Å². The number of alkyl halides is 3. The number of thiazole rings is 1. The summed E-state index contributed by atoms with van der Waals surface area (Å²) in [6.45, 7) is 4.82. The summed E-state index contributed by atoms with van der Waals surface area (Å²) in [5.74, 6) is 0.755. The lowest BCUT2D eigenvalue weighted by Gasteiger charge is -2.19. The summed E-state index contributed by atoms with van der Waals surface area (Å²) in [6, 6.07) is 4.53. The highest BCUT2D eigenvalue weighted by Gasteiger charge is 2.33. The van der Waals surface area contributed by atoms with Gasteiger partial charge in [-0.25, -0.2) is 14.4 Å². The van der Waals surface area contributed by atoms with Crippen LogP contribution < -0.4 is 15.4 Å². The predicted octanol–water partition coefficient (Wildman–Crippen LogP) is 4.91. The highest BCUT2D eigenvalue weighted by molar-refractivity contribution is 7.09. The molecule has 1 saturated carbocycles. The van der Waals surface area contributed by atoms with E-state index in [0.717, 1.165) is 29.6 Å². The Labute approximate surface area is 176 Å². The number of aromatic nitrogens is 1. The molecule has 0 aliphatic heterocycles. The van der Waals surface area contributed by atoms with Gasteiger partial charge in [-0.3, -0.25) is 0 Å². The number of benzene rings is 1. The number of nitrogens with one attached hydrogen (secondary N) is 2. The second-order valence-corrected chi connectivity index (χ2v) is 8.07. The van der Waals surface area contributed by atoms with Crippen molar-refractivity contribution in [3.05, 3.63) is 45.7 Å². The van der Waals surface area contributed by atoms with Gasteiger partial charge in [0.25, 0.3) is 0 Å². The molecule has 1 aromatic carbocycles. The average molecular weight is 444 g/mol. The van der Waals surface area contributed by atoms with Crippen LogP contribution in [0.5, 0.6) is 5.75 Å². The molecule has 164 valence electrons. The summed E-state index contributed by atoms with van der Waals surface area (Å²) in [7, 11) is 0. The minimum Gasteiger partial charge on any atom is -0.490 e. The quantitative estimate of drug-likeness (QED) is 0.345. The first kappa shape index (κ1) is 22.3. The lowest BCUT2D eigenvalue weighted by atomic mass is 10.1. The number of ether oxygens (including phenoxy) is 1. The third-order valence-electron chi connectivity index (χ3n) is 4.54. The number of rotatable bonds is 8. The number of aliphatic imine (C=N–C) groups is 1. The van der Waals surface area contributed by atoms with Crippen LogP contribution in [0, 0.1) is 11.7 Å². The Morgan fingerprint density at radius 2 is 2.13 bits per heavy atom. The van der Waals surface area contributed by atoms with Crippen LogP contribution in [0.2, 0.25) is 0 Å². The van der Waals surface area contributed by atoms with E-state index in [-0.39, 0.29) is 23.3 Å². The lowest BCUT2D eigenvalue weighted by Crippen LogP contribution is -2.38. The van der Waals surface area contributed by atoms with Gasteiger partial charge in [0.05, 0.1) is 19.2 Å². The van der Waals surface area contributed by atoms with E-state index in [1.807, 2.05) is 13.8 Å². The maximum absolute atomic E-state index is 14.3. The largest absolute Gasteiger partial charge is 0.490 e. The van der Waals surface area contributed by atoms with E-state index in [0.29, 0.717) is 30.6 Å². The van der Waals surface area contributed by atoms with Crippen LogP contribution >= 0.6 is 11.3 Å². The molecule has 1 aliphatic rings. The Balaban J connectivity index is 1.62. The van der Waals surface area contributed by atoms with Gasteiger partial charge in [-0.2, -0.15) is 13.2 Å². The molecule has 0 bridgehead atoms. The number of nitrogens with zero attached hydrogens (tertiary/aromatic N) is 2. The molecule has 1 aromatic heterocycles. The van der Waals surface area contributed by atoms with Crippen molar-refractivity contribution in [3.8, 4) is 5.75 Å². The second-order valence-electron chi connectivity index (χ2n) is 7.13. The molecule has 10 heteroatoms. The van der Waals surface area contributed by atoms with E-state index < -0.39 is 17.7 Å². The summed E-state index contributed by atoms with van der Waals surface area (Å²) < 4.78 is 57.9. The molecule has 2 N–H and O–H groups in total. The fraction of sp³-hybridized carbons (Fsp3) is 0.500. The minimum atomic E-state index is -4.46. The summed E-state index contributed by atoms with van der Waals surface area (Å²) >= 11 is 0.909. The zero-order chi connectivity index (χ0) is 21.7. The zero-order valence-corrected chi connectivity index (χ0v) is 17.5. The number of hydrogen-bond donors (Lipinski definition) is 2. The van der Waals surface area contributed by atoms with Crippen LogP contribution in [0.15, 0.2) is 28.6 Å². The van der Waals surface area contributed by atoms with Gasteiger partial charge in [0.15, 0.2) is 23.2 Å². The average Bonchev–Trinajstić information content (AvgIpc) is 3.38. The van der Waals surface area contributed by atoms with Gasteiger partial charge in [0.1, 0.15) is 5.01 Å². The molecule has 1 atom stereocenters. The second kappa shape index (κ2) is 9.63. The van der Waals surface area contributed by atoms with E-state index in [4.69, 9.17) is 4.74 Å². The normalized spacial score (nSPS) is 15.7. The van der Waals surface area contributed by atoms with Crippen molar-refractivity contribution in [1.29, 1.82) is 0 Å². The maximum atomic E-state index is 14.3. The summed E-state index contributed by atoms with van der Waals surface area (Å²) in [4.78, 5) is 7.87. The molecule has 0 saturated heterocycles. The van der Waals surface area contributed by atoms with E-state index in [2.05, 4.69) is 20.6 Å². The lowest BCUT2D eigenvalue weighted by molar-refractivity contribution is -0.140. The van der Waals surface area contributed by atoms with Crippen molar-refractivity contribution in [2.45, 2.75) is 45.5 Å². The molecule has 1 aliphatic carbocycles. The van der Waals surface area contributed by atoms with Crippen LogP contribution in [-0.4, -0.2) is 24.1 Å². The summed E-state index contributed by atoms with van der Waals surface area (Å²) in [5.41, 5.74) is -0.214. The van der Waals surface area contributed by atoms with Gasteiger partial charge in [0, 0.05) is 11.9 Å². The van der Waals surface area contributed by atoms with Crippen LogP contribution in [0.25, 0.3) is 0 Å². The van der Waals surface area contributed by atoms with Crippen LogP contribution in [0.3, 0.4) is 0 Å². The van der Waals surface area contributed by atoms with Gasteiger partial charge >= 0.3 is 6.18 Å². The molecule has 0 radical (unpaired) electrons. The SMILES string of the molecule is CCNC(=NCc1nc(C(F)(F)F)cs1)NC(C)c1ccc(OCC2CC2)c(F)c1. The van der Waals surface area contributed by atoms with Crippen molar-refractivity contribution in [2.75, 3.05) is 13.2 Å². The van der Waals surface area contributed by atoms with E-state index in [1.54, 1.807) is 12.1 Å². The molecule has 1 unspecified atom stereocenters. The summed E-state index contributed by atoms with van der Waals surface area (Å²) in [5, 5.41) is 7.40. The van der Waals surface area contributed by atoms with E-state index in [9.17, 15) is 17.6 Å². The Hall–Kier alpha value is -2.36. The predicted molar refractivity (Wildman–Crippen MR) is 108 cm³/mol. The maximum Gasteiger partial charge on any atom is 0.434 e. The highest BCUT2D eigenvalue weighted by Crippen LogP contribution is 2.31. The van der Waals surface area contributed by atoms with Gasteiger partial charge in [0.2, 0.25) is 0 Å². The molecular weight excluding hydrogens is 420 g/mol. The molecule has 0 amide bonds. The Kier molecular flexibility index (Phi) is 7.17. The third kappa shape index (κ3) is 6.32. The number of guanidine groups is 1. The fourth-order valence-corrected chi connectivity index (χ4v) is 3.39. The molecule has 3 rings (SSSR count). The Morgan fingerprint density at radius 1 is 1.37 bits per heavy atom. The van der Waals surface area contributed by atoms with Crippen molar-refractivity contribution in [2.24, 2.45) is 10.9 Å². The topological polar surface area (TPSA) is 58.5 Å². The number of halogens is 4. The highest BCUT2D eigenvalue weighted by atomic mass is 32.1. The van der Waals surface area contributed by atoms with Gasteiger partial charge in [-0.15, -0.1) is 11.3 Å². The van der Waals surface area contributed by atoms with Crippen LogP contribution in [-0.2, 0) is 12.7 Å². The first-order valence-electron chi connectivity index (χ1n) is 9.75. The Bertz CT molecular complexity index is 880. The smallest absolute Gasteiger partial charge is 0.434 e. The van der Waals surface area contributed by atoms with Gasteiger partial charge in [-0.1, -0.05) is 6.07 Å². The first-order valence-corrected chi connectivity index (χ1v) is 10.6. The van der Waals surface area contributed by atoms with Crippen molar-refractivity contribution in [3.63, 3.8) is 0 Å². The number of hydrogen-bond acceptors (Lipinski definition) is 4. The molecule has 2 aromatic rings. The van der Waals surface area contributed by atoms with E-state index in [1.165, 1.54) is 6.07 Å². The Morgan fingerprint density at radius 3 is 2.73 bits per heavy atom. The van der Waals surface area contributed by atoms with Crippen LogP contribution in [0.1, 0.15) is 49.0 Å². The van der Waals surface area contributed by atoms with Crippen molar-refractivity contribution < 1.29 is 22.3 Å². The molecule has 5 nitrogen and oxygen atoms in total. The van der Waals surface area contributed by atoms with Crippen molar-refractivity contribution >= 4 is 17.3 Å². The van der Waals surface area contributed by atoms with Gasteiger partial charge < -0.3 is 15.4 Å². The van der Waals surface area contributed by atoms with E-state index >= 15 is 0 Å². The molecule has 0 spiro atoms. The molecule has 1 heterocycles. The molecule has 30 heavy (non-hydrogen) atoms.